The lowest BCUT2D eigenvalue weighted by molar-refractivity contribution is 0.318. The smallest absolute Gasteiger partial charge is 0.108 e. The molecule has 1 aliphatic heterocycles. The molecule has 2 nitrogen and oxygen atoms in total. The normalized spacial score (nSPS) is 29.6. The highest BCUT2D eigenvalue weighted by molar-refractivity contribution is 5.04. The van der Waals surface area contributed by atoms with Crippen LogP contribution in [0.25, 0.3) is 0 Å². The van der Waals surface area contributed by atoms with Crippen molar-refractivity contribution < 1.29 is 4.39 Å². The summed E-state index contributed by atoms with van der Waals surface area (Å²) >= 11 is 0. The van der Waals surface area contributed by atoms with Gasteiger partial charge in [0.1, 0.15) is 6.67 Å². The van der Waals surface area contributed by atoms with Crippen molar-refractivity contribution in [1.82, 2.24) is 10.2 Å². The number of likely N-dealkylation sites (N-methyl/N-ethyl adjacent to an activating group) is 1. The van der Waals surface area contributed by atoms with E-state index >= 15 is 0 Å². The zero-order valence-electron chi connectivity index (χ0n) is 9.65. The number of alkyl halides is 1. The van der Waals surface area contributed by atoms with Crippen molar-refractivity contribution >= 4 is 0 Å². The first-order valence-electron chi connectivity index (χ1n) is 5.76. The first-order chi connectivity index (χ1) is 6.74. The molecule has 1 saturated carbocycles. The lowest BCUT2D eigenvalue weighted by atomic mass is 10.2. The van der Waals surface area contributed by atoms with E-state index in [4.69, 9.17) is 0 Å². The van der Waals surface area contributed by atoms with Crippen molar-refractivity contribution in [2.45, 2.75) is 44.7 Å². The van der Waals surface area contributed by atoms with Gasteiger partial charge in [0, 0.05) is 18.1 Å². The minimum Gasteiger partial charge on any atom is -0.305 e. The molecule has 2 rings (SSSR count). The number of nitrogens with zero attached hydrogens (tertiary/aromatic N) is 1. The van der Waals surface area contributed by atoms with Crippen LogP contribution < -0.4 is 5.32 Å². The number of halogens is 1. The van der Waals surface area contributed by atoms with Crippen molar-refractivity contribution in [2.24, 2.45) is 0 Å². The zero-order chi connectivity index (χ0) is 10.6. The van der Waals surface area contributed by atoms with Gasteiger partial charge in [0.15, 0.2) is 0 Å². The predicted molar refractivity (Wildman–Crippen MR) is 58.3 cm³/mol. The van der Waals surface area contributed by atoms with Crippen LogP contribution in [0.15, 0.2) is 0 Å². The van der Waals surface area contributed by atoms with Crippen molar-refractivity contribution in [1.29, 1.82) is 0 Å². The Balaban J connectivity index is 0.000000461. The highest BCUT2D eigenvalue weighted by Gasteiger charge is 2.44. The quantitative estimate of drug-likeness (QED) is 0.751. The monoisotopic (exact) mass is 202 g/mol. The van der Waals surface area contributed by atoms with Gasteiger partial charge in [-0.25, -0.2) is 4.39 Å². The fourth-order valence-electron chi connectivity index (χ4n) is 1.95. The molecule has 0 bridgehead atoms. The third-order valence-electron chi connectivity index (χ3n) is 3.01. The molecule has 1 atom stereocenters. The van der Waals surface area contributed by atoms with Gasteiger partial charge in [-0.3, -0.25) is 0 Å². The van der Waals surface area contributed by atoms with E-state index in [2.05, 4.69) is 17.3 Å². The van der Waals surface area contributed by atoms with Crippen LogP contribution in [0.4, 0.5) is 4.39 Å². The molecule has 1 N–H and O–H groups in total. The summed E-state index contributed by atoms with van der Waals surface area (Å²) in [7, 11) is 2.12. The summed E-state index contributed by atoms with van der Waals surface area (Å²) in [4.78, 5) is 2.30. The van der Waals surface area contributed by atoms with Gasteiger partial charge in [-0.15, -0.1) is 0 Å². The highest BCUT2D eigenvalue weighted by Crippen LogP contribution is 2.36. The number of likely N-dealkylation sites (tertiary alicyclic amines) is 1. The Bertz CT molecular complexity index is 169. The fraction of sp³-hybridized carbons (Fsp3) is 1.00. The molecule has 0 amide bonds. The molecule has 0 spiro atoms. The molecule has 3 heteroatoms. The average molecular weight is 202 g/mol. The molecule has 1 aliphatic carbocycles. The molecule has 1 saturated heterocycles. The fourth-order valence-corrected chi connectivity index (χ4v) is 1.95. The molecule has 1 heterocycles. The van der Waals surface area contributed by atoms with Gasteiger partial charge in [0.25, 0.3) is 0 Å². The zero-order valence-corrected chi connectivity index (χ0v) is 9.65. The summed E-state index contributed by atoms with van der Waals surface area (Å²) in [5.41, 5.74) is -0.101. The van der Waals surface area contributed by atoms with Crippen LogP contribution >= 0.6 is 0 Å². The molecule has 14 heavy (non-hydrogen) atoms. The molecule has 1 unspecified atom stereocenters. The van der Waals surface area contributed by atoms with Gasteiger partial charge in [-0.1, -0.05) is 13.8 Å². The standard InChI is InChI=1S/C9H17FN2.C2H6/c1-12-5-2-8(6-12)11-9(7-10)3-4-9;1-2/h8,11H,2-7H2,1H3;1-2H3. The number of nitrogens with one attached hydrogen (secondary N) is 1. The SMILES string of the molecule is CC.CN1CCC(NC2(CF)CC2)C1. The van der Waals surface area contributed by atoms with Gasteiger partial charge in [0.2, 0.25) is 0 Å². The molecular weight excluding hydrogens is 179 g/mol. The minimum absolute atomic E-state index is 0.101. The van der Waals surface area contributed by atoms with Crippen LogP contribution in [0.1, 0.15) is 33.1 Å². The molecule has 2 aliphatic rings. The van der Waals surface area contributed by atoms with E-state index in [-0.39, 0.29) is 12.2 Å². The highest BCUT2D eigenvalue weighted by atomic mass is 19.1. The molecular formula is C11H23FN2. The number of hydrogen-bond donors (Lipinski definition) is 1. The summed E-state index contributed by atoms with van der Waals surface area (Å²) in [6, 6.07) is 0.535. The van der Waals surface area contributed by atoms with E-state index < -0.39 is 0 Å². The molecule has 0 radical (unpaired) electrons. The van der Waals surface area contributed by atoms with Gasteiger partial charge >= 0.3 is 0 Å². The first-order valence-corrected chi connectivity index (χ1v) is 5.76. The Morgan fingerprint density at radius 2 is 2.07 bits per heavy atom. The summed E-state index contributed by atoms with van der Waals surface area (Å²) in [5, 5.41) is 3.43. The first kappa shape index (κ1) is 11.9. The van der Waals surface area contributed by atoms with Crippen LogP contribution in [-0.2, 0) is 0 Å². The Hall–Kier alpha value is -0.150. The Labute approximate surface area is 86.9 Å². The molecule has 2 fully saturated rings. The molecule has 0 aromatic rings. The van der Waals surface area contributed by atoms with Crippen LogP contribution in [0, 0.1) is 0 Å². The largest absolute Gasteiger partial charge is 0.305 e. The lowest BCUT2D eigenvalue weighted by Crippen LogP contribution is -2.42. The van der Waals surface area contributed by atoms with Gasteiger partial charge in [-0.05, 0) is 32.9 Å². The van der Waals surface area contributed by atoms with Crippen molar-refractivity contribution in [3.8, 4) is 0 Å². The summed E-state index contributed by atoms with van der Waals surface area (Å²) in [6.45, 7) is 6.05. The van der Waals surface area contributed by atoms with Gasteiger partial charge < -0.3 is 10.2 Å². The summed E-state index contributed by atoms with van der Waals surface area (Å²) in [5.74, 6) is 0. The van der Waals surface area contributed by atoms with E-state index in [0.29, 0.717) is 6.04 Å². The van der Waals surface area contributed by atoms with Crippen molar-refractivity contribution in [3.05, 3.63) is 0 Å². The van der Waals surface area contributed by atoms with Crippen molar-refractivity contribution in [3.63, 3.8) is 0 Å². The Kier molecular flexibility index (Phi) is 4.32. The van der Waals surface area contributed by atoms with Crippen LogP contribution in [0.5, 0.6) is 0 Å². The van der Waals surface area contributed by atoms with E-state index in [1.807, 2.05) is 13.8 Å². The second kappa shape index (κ2) is 5.08. The van der Waals surface area contributed by atoms with Crippen LogP contribution in [0.2, 0.25) is 0 Å². The van der Waals surface area contributed by atoms with Gasteiger partial charge in [0.05, 0.1) is 0 Å². The molecule has 0 aromatic heterocycles. The second-order valence-corrected chi connectivity index (χ2v) is 4.31. The second-order valence-electron chi connectivity index (χ2n) is 4.31. The third-order valence-corrected chi connectivity index (χ3v) is 3.01. The number of rotatable bonds is 3. The summed E-state index contributed by atoms with van der Waals surface area (Å²) < 4.78 is 12.5. The van der Waals surface area contributed by atoms with Crippen LogP contribution in [-0.4, -0.2) is 43.3 Å². The topological polar surface area (TPSA) is 15.3 Å². The predicted octanol–water partition coefficient (Wildman–Crippen LogP) is 1.81. The van der Waals surface area contributed by atoms with E-state index in [1.54, 1.807) is 0 Å². The van der Waals surface area contributed by atoms with E-state index in [1.165, 1.54) is 6.42 Å². The van der Waals surface area contributed by atoms with Crippen LogP contribution in [0.3, 0.4) is 0 Å². The average Bonchev–Trinajstić information content (AvgIpc) is 2.87. The Morgan fingerprint density at radius 1 is 1.43 bits per heavy atom. The van der Waals surface area contributed by atoms with E-state index in [9.17, 15) is 4.39 Å². The maximum atomic E-state index is 12.5. The minimum atomic E-state index is -0.187. The Morgan fingerprint density at radius 3 is 2.43 bits per heavy atom. The molecule has 84 valence electrons. The maximum absolute atomic E-state index is 12.5. The molecule has 0 aromatic carbocycles. The third kappa shape index (κ3) is 2.92. The van der Waals surface area contributed by atoms with E-state index in [0.717, 1.165) is 25.9 Å². The van der Waals surface area contributed by atoms with Crippen molar-refractivity contribution in [2.75, 3.05) is 26.8 Å². The maximum Gasteiger partial charge on any atom is 0.108 e. The lowest BCUT2D eigenvalue weighted by Gasteiger charge is -2.19. The van der Waals surface area contributed by atoms with Gasteiger partial charge in [-0.2, -0.15) is 0 Å². The number of hydrogen-bond acceptors (Lipinski definition) is 2. The summed E-state index contributed by atoms with van der Waals surface area (Å²) in [6.07, 6.45) is 3.24.